The Morgan fingerprint density at radius 1 is 1.03 bits per heavy atom. The third kappa shape index (κ3) is 4.28. The minimum atomic E-state index is -0.901. The highest BCUT2D eigenvalue weighted by Gasteiger charge is 2.40. The Hall–Kier alpha value is -2.84. The predicted octanol–water partition coefficient (Wildman–Crippen LogP) is 3.11. The Labute approximate surface area is 172 Å². The van der Waals surface area contributed by atoms with Gasteiger partial charge in [-0.15, -0.1) is 0 Å². The van der Waals surface area contributed by atoms with Crippen LogP contribution in [0.25, 0.3) is 0 Å². The summed E-state index contributed by atoms with van der Waals surface area (Å²) < 4.78 is 11.3. The number of carbonyl (C=O) groups excluding carboxylic acids is 3. The summed E-state index contributed by atoms with van der Waals surface area (Å²) in [7, 11) is 0. The Morgan fingerprint density at radius 3 is 2.62 bits per heavy atom. The van der Waals surface area contributed by atoms with E-state index in [0.29, 0.717) is 42.6 Å². The summed E-state index contributed by atoms with van der Waals surface area (Å²) in [5.41, 5.74) is 1.47. The highest BCUT2D eigenvalue weighted by Crippen LogP contribution is 2.28. The smallest absolute Gasteiger partial charge is 0.292 e. The topological polar surface area (TPSA) is 76.2 Å². The van der Waals surface area contributed by atoms with Crippen LogP contribution in [0.15, 0.2) is 54.6 Å². The molecule has 29 heavy (non-hydrogen) atoms. The first-order valence-corrected chi connectivity index (χ1v) is 10.1. The van der Waals surface area contributed by atoms with E-state index in [1.807, 2.05) is 36.4 Å². The molecule has 1 saturated heterocycles. The van der Waals surface area contributed by atoms with E-state index in [1.165, 1.54) is 4.90 Å². The highest BCUT2D eigenvalue weighted by molar-refractivity contribution is 8.26. The zero-order valence-electron chi connectivity index (χ0n) is 15.7. The van der Waals surface area contributed by atoms with Gasteiger partial charge in [-0.25, -0.2) is 0 Å². The van der Waals surface area contributed by atoms with Crippen LogP contribution in [0.3, 0.4) is 0 Å². The number of nitrogens with zero attached hydrogens (tertiary/aromatic N) is 2. The first-order valence-electron chi connectivity index (χ1n) is 9.32. The molecule has 2 amide bonds. The molecule has 0 aliphatic carbocycles. The lowest BCUT2D eigenvalue weighted by molar-refractivity contribution is -0.129. The lowest BCUT2D eigenvalue weighted by atomic mass is 10.1. The second-order valence-electron chi connectivity index (χ2n) is 6.72. The lowest BCUT2D eigenvalue weighted by Gasteiger charge is -2.29. The van der Waals surface area contributed by atoms with Crippen LogP contribution in [0.4, 0.5) is 4.79 Å². The van der Waals surface area contributed by atoms with Gasteiger partial charge in [0, 0.05) is 24.9 Å². The fraction of sp³-hybridized carbons (Fsp3) is 0.286. The second-order valence-corrected chi connectivity index (χ2v) is 7.67. The Kier molecular flexibility index (Phi) is 5.82. The maximum atomic E-state index is 12.5. The van der Waals surface area contributed by atoms with Gasteiger partial charge in [0.25, 0.3) is 11.1 Å². The second kappa shape index (κ2) is 8.67. The fourth-order valence-electron chi connectivity index (χ4n) is 3.27. The van der Waals surface area contributed by atoms with Gasteiger partial charge in [-0.2, -0.15) is 0 Å². The molecule has 2 heterocycles. The molecule has 0 bridgehead atoms. The van der Waals surface area contributed by atoms with Crippen molar-refractivity contribution >= 4 is 28.0 Å². The van der Waals surface area contributed by atoms with E-state index in [-0.39, 0.29) is 29.6 Å². The maximum Gasteiger partial charge on any atom is 0.292 e. The Bertz CT molecular complexity index is 920. The number of fused-ring (bicyclic) bond motifs is 1. The number of thioether (sulfide) groups is 1. The van der Waals surface area contributed by atoms with Crippen LogP contribution in [0.5, 0.6) is 5.75 Å². The van der Waals surface area contributed by atoms with Crippen LogP contribution in [-0.4, -0.2) is 52.2 Å². The summed E-state index contributed by atoms with van der Waals surface area (Å²) >= 11 is 0.673. The van der Waals surface area contributed by atoms with E-state index in [2.05, 4.69) is 0 Å². The molecule has 0 aromatic heterocycles. The van der Waals surface area contributed by atoms with Crippen molar-refractivity contribution in [2.45, 2.75) is 19.2 Å². The van der Waals surface area contributed by atoms with E-state index in [4.69, 9.17) is 9.47 Å². The number of ether oxygens (including phenoxy) is 2. The SMILES string of the molecule is O=C1SC(=O)N(Cc2ccccc2)C1OCCCN1COc2ccccc2C1=O. The van der Waals surface area contributed by atoms with Crippen molar-refractivity contribution in [3.05, 3.63) is 65.7 Å². The molecule has 0 spiro atoms. The zero-order valence-corrected chi connectivity index (χ0v) is 16.5. The van der Waals surface area contributed by atoms with Crippen molar-refractivity contribution in [2.24, 2.45) is 0 Å². The van der Waals surface area contributed by atoms with Gasteiger partial charge in [0.1, 0.15) is 5.75 Å². The molecular formula is C21H20N2O5S. The van der Waals surface area contributed by atoms with E-state index >= 15 is 0 Å². The molecule has 2 aliphatic rings. The fourth-order valence-corrected chi connectivity index (χ4v) is 4.01. The van der Waals surface area contributed by atoms with Crippen molar-refractivity contribution in [3.63, 3.8) is 0 Å². The molecule has 0 N–H and O–H groups in total. The monoisotopic (exact) mass is 412 g/mol. The van der Waals surface area contributed by atoms with Gasteiger partial charge < -0.3 is 14.4 Å². The van der Waals surface area contributed by atoms with Crippen molar-refractivity contribution < 1.29 is 23.9 Å². The summed E-state index contributed by atoms with van der Waals surface area (Å²) in [5, 5.41) is -0.614. The summed E-state index contributed by atoms with van der Waals surface area (Å²) in [4.78, 5) is 39.9. The molecule has 8 heteroatoms. The zero-order chi connectivity index (χ0) is 20.2. The molecule has 0 saturated carbocycles. The van der Waals surface area contributed by atoms with Gasteiger partial charge in [-0.1, -0.05) is 42.5 Å². The van der Waals surface area contributed by atoms with Crippen LogP contribution < -0.4 is 4.74 Å². The van der Waals surface area contributed by atoms with Crippen LogP contribution >= 0.6 is 11.8 Å². The number of hydrogen-bond acceptors (Lipinski definition) is 6. The molecule has 1 fully saturated rings. The summed E-state index contributed by atoms with van der Waals surface area (Å²) in [6.07, 6.45) is -0.374. The Morgan fingerprint density at radius 2 is 1.79 bits per heavy atom. The van der Waals surface area contributed by atoms with E-state index in [1.54, 1.807) is 23.1 Å². The molecule has 0 radical (unpaired) electrons. The van der Waals surface area contributed by atoms with Gasteiger partial charge in [0.05, 0.1) is 12.2 Å². The number of benzene rings is 2. The third-order valence-electron chi connectivity index (χ3n) is 4.73. The average molecular weight is 412 g/mol. The predicted molar refractivity (Wildman–Crippen MR) is 107 cm³/mol. The van der Waals surface area contributed by atoms with Crippen molar-refractivity contribution in [3.8, 4) is 5.75 Å². The summed E-state index contributed by atoms with van der Waals surface area (Å²) in [6.45, 7) is 1.19. The normalized spacial score (nSPS) is 18.8. The highest BCUT2D eigenvalue weighted by atomic mass is 32.2. The molecule has 2 aromatic carbocycles. The molecule has 7 nitrogen and oxygen atoms in total. The van der Waals surface area contributed by atoms with E-state index in [0.717, 1.165) is 5.56 Å². The van der Waals surface area contributed by atoms with Crippen LogP contribution in [0.1, 0.15) is 22.3 Å². The lowest BCUT2D eigenvalue weighted by Crippen LogP contribution is -2.40. The van der Waals surface area contributed by atoms with E-state index in [9.17, 15) is 14.4 Å². The largest absolute Gasteiger partial charge is 0.472 e. The quantitative estimate of drug-likeness (QED) is 0.651. The number of para-hydroxylation sites is 1. The third-order valence-corrected chi connectivity index (χ3v) is 5.54. The summed E-state index contributed by atoms with van der Waals surface area (Å²) in [5.74, 6) is 0.508. The number of carbonyl (C=O) groups is 3. The molecule has 2 aliphatic heterocycles. The standard InChI is InChI=1S/C21H20N2O5S/c24-18-16-9-4-5-10-17(16)28-14-22(18)11-6-12-27-19-20(25)29-21(26)23(19)13-15-7-2-1-3-8-15/h1-5,7-10,19H,6,11-14H2. The molecular weight excluding hydrogens is 392 g/mol. The Balaban J connectivity index is 1.30. The minimum Gasteiger partial charge on any atom is -0.472 e. The van der Waals surface area contributed by atoms with Crippen molar-refractivity contribution in [1.29, 1.82) is 0 Å². The first-order chi connectivity index (χ1) is 14.1. The van der Waals surface area contributed by atoms with Crippen LogP contribution in [0.2, 0.25) is 0 Å². The molecule has 4 rings (SSSR count). The van der Waals surface area contributed by atoms with Crippen LogP contribution in [0, 0.1) is 0 Å². The average Bonchev–Trinajstić information content (AvgIpc) is 3.00. The van der Waals surface area contributed by atoms with Gasteiger partial charge in [0.15, 0.2) is 6.73 Å². The maximum absolute atomic E-state index is 12.5. The number of amides is 2. The minimum absolute atomic E-state index is 0.0831. The first kappa shape index (κ1) is 19.5. The molecule has 2 aromatic rings. The number of hydrogen-bond donors (Lipinski definition) is 0. The molecule has 1 atom stereocenters. The van der Waals surface area contributed by atoms with Crippen molar-refractivity contribution in [2.75, 3.05) is 19.9 Å². The van der Waals surface area contributed by atoms with Crippen molar-refractivity contribution in [1.82, 2.24) is 9.80 Å². The van der Waals surface area contributed by atoms with Gasteiger partial charge >= 0.3 is 0 Å². The summed E-state index contributed by atoms with van der Waals surface area (Å²) in [6, 6.07) is 16.6. The van der Waals surface area contributed by atoms with Crippen LogP contribution in [-0.2, 0) is 16.1 Å². The van der Waals surface area contributed by atoms with Gasteiger partial charge in [-0.3, -0.25) is 19.3 Å². The van der Waals surface area contributed by atoms with E-state index < -0.39 is 6.23 Å². The van der Waals surface area contributed by atoms with Gasteiger partial charge in [-0.05, 0) is 24.1 Å². The molecule has 150 valence electrons. The molecule has 1 unspecified atom stereocenters. The van der Waals surface area contributed by atoms with Gasteiger partial charge in [0.2, 0.25) is 11.3 Å². The number of rotatable bonds is 7.